The Morgan fingerprint density at radius 3 is 2.37 bits per heavy atom. The normalized spacial score (nSPS) is 20.2. The van der Waals surface area contributed by atoms with E-state index in [-0.39, 0.29) is 17.9 Å². The number of fused-ring (bicyclic) bond motifs is 5. The minimum absolute atomic E-state index is 0.0173. The molecule has 38 heavy (non-hydrogen) atoms. The fraction of sp³-hybridized carbons (Fsp3) is 0.467. The molecule has 200 valence electrons. The Bertz CT molecular complexity index is 1360. The van der Waals surface area contributed by atoms with Crippen molar-refractivity contribution in [2.75, 3.05) is 33.3 Å². The number of ether oxygens (including phenoxy) is 2. The number of likely N-dealkylation sites (tertiary alicyclic amines) is 2. The van der Waals surface area contributed by atoms with Crippen molar-refractivity contribution in [3.05, 3.63) is 47.0 Å². The Labute approximate surface area is 227 Å². The molecule has 2 saturated heterocycles. The number of nitrogens with zero attached hydrogens (tertiary/aromatic N) is 3. The summed E-state index contributed by atoms with van der Waals surface area (Å²) in [6.07, 6.45) is 1.93. The zero-order valence-corrected chi connectivity index (χ0v) is 23.3. The van der Waals surface area contributed by atoms with E-state index in [0.29, 0.717) is 24.9 Å². The summed E-state index contributed by atoms with van der Waals surface area (Å²) in [4.78, 5) is 31.2. The zero-order chi connectivity index (χ0) is 26.6. The maximum absolute atomic E-state index is 14.1. The third-order valence-corrected chi connectivity index (χ3v) is 8.93. The number of aromatic nitrogens is 1. The summed E-state index contributed by atoms with van der Waals surface area (Å²) in [6.45, 7) is 9.31. The van der Waals surface area contributed by atoms with Crippen LogP contribution >= 0.6 is 11.3 Å². The summed E-state index contributed by atoms with van der Waals surface area (Å²) >= 11 is 1.69. The third-order valence-electron chi connectivity index (χ3n) is 8.03. The first-order chi connectivity index (χ1) is 18.3. The van der Waals surface area contributed by atoms with Gasteiger partial charge in [-0.25, -0.2) is 0 Å². The van der Waals surface area contributed by atoms with E-state index >= 15 is 0 Å². The first-order valence-electron chi connectivity index (χ1n) is 13.5. The highest BCUT2D eigenvalue weighted by atomic mass is 32.1. The van der Waals surface area contributed by atoms with Crippen LogP contribution in [-0.4, -0.2) is 65.6 Å². The van der Waals surface area contributed by atoms with E-state index in [1.54, 1.807) is 25.4 Å². The summed E-state index contributed by atoms with van der Waals surface area (Å²) in [5.41, 5.74) is 5.22. The van der Waals surface area contributed by atoms with Crippen LogP contribution in [0.25, 0.3) is 21.7 Å². The van der Waals surface area contributed by atoms with Crippen molar-refractivity contribution in [2.45, 2.75) is 46.3 Å². The molecule has 1 aromatic carbocycles. The maximum atomic E-state index is 14.1. The predicted octanol–water partition coefficient (Wildman–Crippen LogP) is 5.18. The van der Waals surface area contributed by atoms with Crippen LogP contribution in [0, 0.1) is 11.8 Å². The average molecular weight is 534 g/mol. The molecule has 2 fully saturated rings. The first-order valence-corrected chi connectivity index (χ1v) is 14.4. The molecule has 5 heterocycles. The lowest BCUT2D eigenvalue weighted by molar-refractivity contribution is -0.132. The molecule has 3 aliphatic heterocycles. The van der Waals surface area contributed by atoms with Crippen molar-refractivity contribution in [3.63, 3.8) is 0 Å². The molecule has 0 saturated carbocycles. The van der Waals surface area contributed by atoms with Crippen LogP contribution in [0.15, 0.2) is 35.7 Å². The van der Waals surface area contributed by atoms with E-state index in [2.05, 4.69) is 40.3 Å². The number of benzene rings is 1. The monoisotopic (exact) mass is 533 g/mol. The van der Waals surface area contributed by atoms with Gasteiger partial charge in [0.15, 0.2) is 11.5 Å². The van der Waals surface area contributed by atoms with Crippen LogP contribution in [-0.2, 0) is 17.8 Å². The van der Waals surface area contributed by atoms with Crippen molar-refractivity contribution >= 4 is 23.2 Å². The molecule has 7 nitrogen and oxygen atoms in total. The number of methoxy groups -OCH3 is 1. The summed E-state index contributed by atoms with van der Waals surface area (Å²) in [5, 5.41) is 2.08. The molecule has 2 atom stereocenters. The average Bonchev–Trinajstić information content (AvgIpc) is 3.55. The van der Waals surface area contributed by atoms with E-state index in [1.807, 2.05) is 23.6 Å². The fourth-order valence-corrected chi connectivity index (χ4v) is 7.24. The molecule has 0 spiro atoms. The molecule has 0 N–H and O–H groups in total. The third kappa shape index (κ3) is 4.38. The van der Waals surface area contributed by atoms with Crippen molar-refractivity contribution < 1.29 is 19.1 Å². The minimum atomic E-state index is 0.0173. The summed E-state index contributed by atoms with van der Waals surface area (Å²) in [7, 11) is 1.68. The van der Waals surface area contributed by atoms with E-state index in [4.69, 9.17) is 9.47 Å². The number of thiophene rings is 1. The second-order valence-electron chi connectivity index (χ2n) is 11.1. The summed E-state index contributed by atoms with van der Waals surface area (Å²) < 4.78 is 14.0. The van der Waals surface area contributed by atoms with Gasteiger partial charge >= 0.3 is 0 Å². The molecule has 0 aliphatic carbocycles. The summed E-state index contributed by atoms with van der Waals surface area (Å²) in [5.74, 6) is 2.37. The number of hydrogen-bond acceptors (Lipinski definition) is 5. The highest BCUT2D eigenvalue weighted by Crippen LogP contribution is 2.45. The summed E-state index contributed by atoms with van der Waals surface area (Å²) in [6, 6.07) is 10.5. The van der Waals surface area contributed by atoms with Crippen LogP contribution in [0.5, 0.6) is 11.5 Å². The van der Waals surface area contributed by atoms with Gasteiger partial charge in [0.25, 0.3) is 5.91 Å². The molecular weight excluding hydrogens is 498 g/mol. The van der Waals surface area contributed by atoms with E-state index in [9.17, 15) is 9.59 Å². The fourth-order valence-electron chi connectivity index (χ4n) is 6.50. The Morgan fingerprint density at radius 2 is 1.74 bits per heavy atom. The van der Waals surface area contributed by atoms with Crippen LogP contribution in [0.3, 0.4) is 0 Å². The van der Waals surface area contributed by atoms with Crippen molar-refractivity contribution in [1.29, 1.82) is 0 Å². The topological polar surface area (TPSA) is 64.0 Å². The number of aryl methyl sites for hydroxylation is 1. The Hall–Kier alpha value is -3.26. The molecule has 0 radical (unpaired) electrons. The zero-order valence-electron chi connectivity index (χ0n) is 22.5. The molecule has 2 aromatic heterocycles. The SMILES string of the molecule is COc1cc2c(cc1OC(C)C)-c1c(-c3cccs3)cc(C(=O)N3CC4CC(CN(C(C)=O)C4)C3)n1CC2. The van der Waals surface area contributed by atoms with Gasteiger partial charge in [-0.3, -0.25) is 9.59 Å². The standard InChI is InChI=1S/C30H35N3O4S/c1-18(2)37-27-13-23-22(11-26(27)36-4)7-8-33-25(12-24(29(23)33)28-6-5-9-38-28)30(35)32-16-20-10-21(17-32)15-31(14-20)19(3)34/h5-6,9,11-13,18,20-21H,7-8,10,14-17H2,1-4H3. The van der Waals surface area contributed by atoms with Crippen LogP contribution in [0.1, 0.15) is 43.2 Å². The quantitative estimate of drug-likeness (QED) is 0.454. The number of carbonyl (C=O) groups excluding carboxylic acids is 2. The van der Waals surface area contributed by atoms with Gasteiger partial charge in [-0.2, -0.15) is 0 Å². The molecule has 6 rings (SSSR count). The number of hydrogen-bond donors (Lipinski definition) is 0. The van der Waals surface area contributed by atoms with Gasteiger partial charge in [-0.1, -0.05) is 6.07 Å². The molecule has 2 bridgehead atoms. The number of amides is 2. The molecule has 3 aromatic rings. The Morgan fingerprint density at radius 1 is 1.00 bits per heavy atom. The second-order valence-corrected chi connectivity index (χ2v) is 12.0. The van der Waals surface area contributed by atoms with E-state index < -0.39 is 0 Å². The van der Waals surface area contributed by atoms with E-state index in [0.717, 1.165) is 71.4 Å². The first kappa shape index (κ1) is 25.0. The predicted molar refractivity (Wildman–Crippen MR) is 149 cm³/mol. The highest BCUT2D eigenvalue weighted by molar-refractivity contribution is 7.13. The molecule has 8 heteroatoms. The largest absolute Gasteiger partial charge is 0.493 e. The van der Waals surface area contributed by atoms with Gasteiger partial charge in [0.1, 0.15) is 5.69 Å². The molecule has 2 unspecified atom stereocenters. The Balaban J connectivity index is 1.41. The lowest BCUT2D eigenvalue weighted by atomic mass is 9.84. The maximum Gasteiger partial charge on any atom is 0.270 e. The second kappa shape index (κ2) is 9.80. The molecular formula is C30H35N3O4S. The molecule has 3 aliphatic rings. The highest BCUT2D eigenvalue weighted by Gasteiger charge is 2.38. The smallest absolute Gasteiger partial charge is 0.270 e. The minimum Gasteiger partial charge on any atom is -0.493 e. The van der Waals surface area contributed by atoms with Crippen molar-refractivity contribution in [3.8, 4) is 33.2 Å². The lowest BCUT2D eigenvalue weighted by Gasteiger charge is -2.45. The van der Waals surface area contributed by atoms with Crippen LogP contribution in [0.4, 0.5) is 0 Å². The van der Waals surface area contributed by atoms with Gasteiger partial charge in [-0.05, 0) is 73.7 Å². The molecule has 2 amide bonds. The van der Waals surface area contributed by atoms with Crippen molar-refractivity contribution in [2.24, 2.45) is 11.8 Å². The van der Waals surface area contributed by atoms with Gasteiger partial charge in [0, 0.05) is 55.7 Å². The Kier molecular flexibility index (Phi) is 6.46. The van der Waals surface area contributed by atoms with Crippen LogP contribution in [0.2, 0.25) is 0 Å². The van der Waals surface area contributed by atoms with Gasteiger partial charge in [-0.15, -0.1) is 11.3 Å². The number of piperidine rings is 2. The van der Waals surface area contributed by atoms with Gasteiger partial charge in [0.05, 0.1) is 18.9 Å². The van der Waals surface area contributed by atoms with Crippen molar-refractivity contribution in [1.82, 2.24) is 14.4 Å². The van der Waals surface area contributed by atoms with Crippen LogP contribution < -0.4 is 9.47 Å². The van der Waals surface area contributed by atoms with Gasteiger partial charge in [0.2, 0.25) is 5.91 Å². The van der Waals surface area contributed by atoms with E-state index in [1.165, 1.54) is 5.56 Å². The number of rotatable bonds is 5. The lowest BCUT2D eigenvalue weighted by Crippen LogP contribution is -2.55. The van der Waals surface area contributed by atoms with Gasteiger partial charge < -0.3 is 23.8 Å². The number of carbonyl (C=O) groups is 2.